The van der Waals surface area contributed by atoms with E-state index in [1.807, 2.05) is 12.1 Å². The Morgan fingerprint density at radius 1 is 1.07 bits per heavy atom. The van der Waals surface area contributed by atoms with Crippen molar-refractivity contribution in [1.82, 2.24) is 9.88 Å². The summed E-state index contributed by atoms with van der Waals surface area (Å²) in [5.74, 6) is -2.00. The van der Waals surface area contributed by atoms with Crippen molar-refractivity contribution in [2.24, 2.45) is 0 Å². The molecule has 146 valence electrons. The third-order valence-corrected chi connectivity index (χ3v) is 5.03. The summed E-state index contributed by atoms with van der Waals surface area (Å²) < 4.78 is 0. The molecule has 2 aromatic carbocycles. The first-order valence-electron chi connectivity index (χ1n) is 8.97. The number of nitrogens with zero attached hydrogens (tertiary/aromatic N) is 2. The molecule has 0 spiro atoms. The summed E-state index contributed by atoms with van der Waals surface area (Å²) in [6, 6.07) is 11.3. The quantitative estimate of drug-likeness (QED) is 0.476. The van der Waals surface area contributed by atoms with E-state index < -0.39 is 17.8 Å². The number of aromatic carboxylic acids is 1. The Balaban J connectivity index is 1.41. The van der Waals surface area contributed by atoms with Gasteiger partial charge < -0.3 is 10.4 Å². The van der Waals surface area contributed by atoms with Gasteiger partial charge in [0.2, 0.25) is 0 Å². The Morgan fingerprint density at radius 2 is 1.86 bits per heavy atom. The molecule has 0 atom stereocenters. The van der Waals surface area contributed by atoms with E-state index in [0.717, 1.165) is 21.5 Å². The Labute approximate surface area is 170 Å². The van der Waals surface area contributed by atoms with Gasteiger partial charge in [-0.1, -0.05) is 11.6 Å². The van der Waals surface area contributed by atoms with Gasteiger partial charge in [0, 0.05) is 35.4 Å². The number of rotatable bonds is 6. The number of carbonyl (C=O) groups excluding carboxylic acids is 2. The maximum atomic E-state index is 12.5. The molecular weight excluding hydrogens is 394 g/mol. The Bertz CT molecular complexity index is 1160. The van der Waals surface area contributed by atoms with Crippen LogP contribution in [-0.2, 0) is 0 Å². The lowest BCUT2D eigenvalue weighted by molar-refractivity contribution is 0.0652. The molecule has 0 saturated heterocycles. The number of carboxylic acids is 1. The molecule has 1 aliphatic heterocycles. The average Bonchev–Trinajstić information content (AvgIpc) is 2.95. The fourth-order valence-electron chi connectivity index (χ4n) is 3.36. The summed E-state index contributed by atoms with van der Waals surface area (Å²) in [6.45, 7) is 0.770. The van der Waals surface area contributed by atoms with Crippen LogP contribution in [-0.4, -0.2) is 45.9 Å². The molecule has 1 aromatic heterocycles. The molecule has 8 heteroatoms. The first kappa shape index (κ1) is 18.9. The van der Waals surface area contributed by atoms with E-state index in [1.54, 1.807) is 18.3 Å². The lowest BCUT2D eigenvalue weighted by Gasteiger charge is -2.15. The van der Waals surface area contributed by atoms with Crippen LogP contribution in [0.5, 0.6) is 0 Å². The van der Waals surface area contributed by atoms with Crippen molar-refractivity contribution in [2.45, 2.75) is 6.42 Å². The van der Waals surface area contributed by atoms with Crippen LogP contribution in [0.25, 0.3) is 10.9 Å². The van der Waals surface area contributed by atoms with E-state index in [2.05, 4.69) is 10.3 Å². The molecule has 0 radical (unpaired) electrons. The van der Waals surface area contributed by atoms with Crippen molar-refractivity contribution in [3.05, 3.63) is 70.4 Å². The van der Waals surface area contributed by atoms with Gasteiger partial charge >= 0.3 is 5.97 Å². The first-order valence-corrected chi connectivity index (χ1v) is 9.35. The molecule has 1 aliphatic rings. The summed E-state index contributed by atoms with van der Waals surface area (Å²) in [4.78, 5) is 41.5. The van der Waals surface area contributed by atoms with Crippen LogP contribution in [0, 0.1) is 0 Å². The third-order valence-electron chi connectivity index (χ3n) is 4.80. The van der Waals surface area contributed by atoms with Gasteiger partial charge in [0.25, 0.3) is 11.8 Å². The van der Waals surface area contributed by atoms with E-state index in [9.17, 15) is 14.4 Å². The molecule has 4 rings (SSSR count). The zero-order chi connectivity index (χ0) is 20.5. The number of aromatic nitrogens is 1. The molecule has 2 N–H and O–H groups in total. The summed E-state index contributed by atoms with van der Waals surface area (Å²) in [7, 11) is 0. The van der Waals surface area contributed by atoms with Gasteiger partial charge in [-0.3, -0.25) is 19.5 Å². The minimum atomic E-state index is -1.14. The number of fused-ring (bicyclic) bond motifs is 2. The fourth-order valence-corrected chi connectivity index (χ4v) is 3.53. The second kappa shape index (κ2) is 7.52. The minimum absolute atomic E-state index is 0.0157. The molecule has 2 amide bonds. The Kier molecular flexibility index (Phi) is 4.90. The third kappa shape index (κ3) is 3.52. The van der Waals surface area contributed by atoms with Crippen LogP contribution in [0.1, 0.15) is 37.5 Å². The van der Waals surface area contributed by atoms with Gasteiger partial charge in [-0.15, -0.1) is 0 Å². The number of carboxylic acid groups (broad SMARTS) is 1. The average molecular weight is 410 g/mol. The van der Waals surface area contributed by atoms with Crippen LogP contribution < -0.4 is 5.32 Å². The van der Waals surface area contributed by atoms with Gasteiger partial charge in [-0.25, -0.2) is 4.79 Å². The number of anilines is 1. The maximum Gasteiger partial charge on any atom is 0.335 e. The molecule has 0 saturated carbocycles. The molecule has 7 nitrogen and oxygen atoms in total. The van der Waals surface area contributed by atoms with E-state index in [4.69, 9.17) is 16.7 Å². The predicted molar refractivity (Wildman–Crippen MR) is 109 cm³/mol. The van der Waals surface area contributed by atoms with Crippen LogP contribution in [0.2, 0.25) is 5.02 Å². The normalized spacial score (nSPS) is 13.1. The van der Waals surface area contributed by atoms with Crippen LogP contribution in [0.15, 0.2) is 48.7 Å². The summed E-state index contributed by atoms with van der Waals surface area (Å²) in [5, 5.41) is 13.9. The lowest BCUT2D eigenvalue weighted by atomic mass is 10.1. The van der Waals surface area contributed by atoms with Crippen LogP contribution in [0.4, 0.5) is 5.69 Å². The highest BCUT2D eigenvalue weighted by atomic mass is 35.5. The van der Waals surface area contributed by atoms with Crippen molar-refractivity contribution in [1.29, 1.82) is 0 Å². The van der Waals surface area contributed by atoms with Crippen molar-refractivity contribution >= 4 is 46.0 Å². The number of carbonyl (C=O) groups is 3. The summed E-state index contributed by atoms with van der Waals surface area (Å²) in [6.07, 6.45) is 2.22. The van der Waals surface area contributed by atoms with Crippen molar-refractivity contribution in [2.75, 3.05) is 18.4 Å². The minimum Gasteiger partial charge on any atom is -0.478 e. The smallest absolute Gasteiger partial charge is 0.335 e. The maximum absolute atomic E-state index is 12.5. The zero-order valence-electron chi connectivity index (χ0n) is 15.2. The number of amides is 2. The summed E-state index contributed by atoms with van der Waals surface area (Å²) >= 11 is 6.00. The topological polar surface area (TPSA) is 99.6 Å². The number of nitrogens with one attached hydrogen (secondary N) is 1. The number of hydrogen-bond acceptors (Lipinski definition) is 5. The number of imide groups is 1. The van der Waals surface area contributed by atoms with E-state index >= 15 is 0 Å². The van der Waals surface area contributed by atoms with Gasteiger partial charge in [-0.05, 0) is 48.9 Å². The van der Waals surface area contributed by atoms with Gasteiger partial charge in [0.1, 0.15) is 0 Å². The van der Waals surface area contributed by atoms with Crippen LogP contribution in [0.3, 0.4) is 0 Å². The molecule has 0 bridgehead atoms. The highest BCUT2D eigenvalue weighted by Gasteiger charge is 2.35. The molecule has 0 aliphatic carbocycles. The van der Waals surface area contributed by atoms with Crippen molar-refractivity contribution in [3.8, 4) is 0 Å². The zero-order valence-corrected chi connectivity index (χ0v) is 15.9. The van der Waals surface area contributed by atoms with E-state index in [1.165, 1.54) is 18.2 Å². The highest BCUT2D eigenvalue weighted by Crippen LogP contribution is 2.26. The SMILES string of the molecule is O=C(O)c1ccc2c(c1)C(=O)N(CCCNc1ccnc3cc(Cl)ccc13)C2=O. The standard InChI is InChI=1S/C21H16ClN3O4/c22-13-3-5-15-17(6-8-24-18(15)11-13)23-7-1-9-25-19(26)14-4-2-12(21(28)29)10-16(14)20(25)27/h2-6,8,10-11H,1,7,9H2,(H,23,24)(H,28,29). The van der Waals surface area contributed by atoms with Crippen molar-refractivity contribution < 1.29 is 19.5 Å². The number of halogens is 1. The molecule has 29 heavy (non-hydrogen) atoms. The second-order valence-corrected chi connectivity index (χ2v) is 7.06. The number of hydrogen-bond donors (Lipinski definition) is 2. The number of pyridine rings is 1. The number of benzene rings is 2. The van der Waals surface area contributed by atoms with Crippen molar-refractivity contribution in [3.63, 3.8) is 0 Å². The highest BCUT2D eigenvalue weighted by molar-refractivity contribution is 6.31. The van der Waals surface area contributed by atoms with E-state index in [-0.39, 0.29) is 23.2 Å². The van der Waals surface area contributed by atoms with E-state index in [0.29, 0.717) is 18.0 Å². The molecule has 3 aromatic rings. The lowest BCUT2D eigenvalue weighted by Crippen LogP contribution is -2.31. The summed E-state index contributed by atoms with van der Waals surface area (Å²) in [5.41, 5.74) is 2.03. The predicted octanol–water partition coefficient (Wildman–Crippen LogP) is 3.68. The second-order valence-electron chi connectivity index (χ2n) is 6.63. The Morgan fingerprint density at radius 3 is 2.66 bits per heavy atom. The first-order chi connectivity index (χ1) is 14.0. The molecule has 2 heterocycles. The fraction of sp³-hybridized carbons (Fsp3) is 0.143. The molecular formula is C21H16ClN3O4. The monoisotopic (exact) mass is 409 g/mol. The molecule has 0 unspecified atom stereocenters. The van der Waals surface area contributed by atoms with Gasteiger partial charge in [0.05, 0.1) is 22.2 Å². The molecule has 0 fully saturated rings. The van der Waals surface area contributed by atoms with Gasteiger partial charge in [0.15, 0.2) is 0 Å². The van der Waals surface area contributed by atoms with Gasteiger partial charge in [-0.2, -0.15) is 0 Å². The largest absolute Gasteiger partial charge is 0.478 e. The van der Waals surface area contributed by atoms with Crippen LogP contribution >= 0.6 is 11.6 Å². The Hall–Kier alpha value is -3.45.